The van der Waals surface area contributed by atoms with Gasteiger partial charge in [0.25, 0.3) is 5.91 Å². The molecule has 0 aliphatic carbocycles. The Labute approximate surface area is 170 Å². The molecule has 2 aromatic rings. The van der Waals surface area contributed by atoms with Crippen LogP contribution < -0.4 is 10.2 Å². The maximum absolute atomic E-state index is 13.2. The van der Waals surface area contributed by atoms with Gasteiger partial charge in [0.1, 0.15) is 0 Å². The smallest absolute Gasteiger partial charge is 0.416 e. The molecule has 2 aromatic carbocycles. The van der Waals surface area contributed by atoms with E-state index < -0.39 is 29.7 Å². The summed E-state index contributed by atoms with van der Waals surface area (Å²) in [6, 6.07) is 9.99. The molecular weight excluding hydrogens is 401 g/mol. The van der Waals surface area contributed by atoms with E-state index in [0.717, 1.165) is 12.1 Å². The van der Waals surface area contributed by atoms with Gasteiger partial charge in [-0.15, -0.1) is 0 Å². The minimum absolute atomic E-state index is 0.0200. The first-order valence-electron chi connectivity index (χ1n) is 9.46. The van der Waals surface area contributed by atoms with Crippen molar-refractivity contribution in [1.29, 1.82) is 0 Å². The molecule has 2 aliphatic heterocycles. The maximum atomic E-state index is 13.2. The number of cyclic esters (lactones) is 1. The molecule has 0 radical (unpaired) electrons. The number of carbonyl (C=O) groups is 2. The van der Waals surface area contributed by atoms with E-state index in [-0.39, 0.29) is 12.1 Å². The van der Waals surface area contributed by atoms with Crippen molar-refractivity contribution in [3.8, 4) is 0 Å². The predicted molar refractivity (Wildman–Crippen MR) is 102 cm³/mol. The maximum Gasteiger partial charge on any atom is 0.416 e. The molecule has 1 saturated heterocycles. The average molecular weight is 420 g/mol. The zero-order valence-corrected chi connectivity index (χ0v) is 15.9. The van der Waals surface area contributed by atoms with Crippen molar-refractivity contribution in [1.82, 2.24) is 0 Å². The number of halogens is 3. The number of benzene rings is 2. The average Bonchev–Trinajstić information content (AvgIpc) is 2.73. The summed E-state index contributed by atoms with van der Waals surface area (Å²) in [6.07, 6.45) is -5.53. The number of carbonyl (C=O) groups excluding carboxylic acids is 2. The molecule has 6 nitrogen and oxygen atoms in total. The first kappa shape index (κ1) is 20.2. The third-order valence-electron chi connectivity index (χ3n) is 5.12. The Kier molecular flexibility index (Phi) is 5.38. The molecule has 4 rings (SSSR count). The zero-order valence-electron chi connectivity index (χ0n) is 15.9. The molecule has 0 unspecified atom stereocenters. The third-order valence-corrected chi connectivity index (χ3v) is 5.12. The number of nitrogens with one attached hydrogen (secondary N) is 1. The van der Waals surface area contributed by atoms with E-state index in [0.29, 0.717) is 43.1 Å². The Morgan fingerprint density at radius 1 is 1.10 bits per heavy atom. The molecule has 1 N–H and O–H groups in total. The molecule has 1 fully saturated rings. The van der Waals surface area contributed by atoms with Gasteiger partial charge in [0.2, 0.25) is 0 Å². The third kappa shape index (κ3) is 4.11. The number of anilines is 2. The van der Waals surface area contributed by atoms with Crippen LogP contribution in [0.3, 0.4) is 0 Å². The molecule has 1 atom stereocenters. The van der Waals surface area contributed by atoms with E-state index in [2.05, 4.69) is 5.32 Å². The second-order valence-electron chi connectivity index (χ2n) is 7.07. The van der Waals surface area contributed by atoms with Gasteiger partial charge in [-0.2, -0.15) is 13.2 Å². The van der Waals surface area contributed by atoms with Crippen molar-refractivity contribution >= 4 is 23.3 Å². The Morgan fingerprint density at radius 3 is 2.57 bits per heavy atom. The fourth-order valence-corrected chi connectivity index (χ4v) is 3.58. The summed E-state index contributed by atoms with van der Waals surface area (Å²) in [6.45, 7) is 1.84. The minimum Gasteiger partial charge on any atom is -0.448 e. The molecular formula is C21H19F3N2O4. The highest BCUT2D eigenvalue weighted by Crippen LogP contribution is 2.36. The van der Waals surface area contributed by atoms with Crippen molar-refractivity contribution in [3.05, 3.63) is 59.2 Å². The van der Waals surface area contributed by atoms with Gasteiger partial charge in [-0.3, -0.25) is 4.79 Å². The van der Waals surface area contributed by atoms with Crippen molar-refractivity contribution in [3.63, 3.8) is 0 Å². The van der Waals surface area contributed by atoms with E-state index in [4.69, 9.17) is 9.47 Å². The second-order valence-corrected chi connectivity index (χ2v) is 7.07. The molecule has 2 heterocycles. The fraction of sp³-hybridized carbons (Fsp3) is 0.333. The first-order valence-corrected chi connectivity index (χ1v) is 9.46. The molecule has 0 aromatic heterocycles. The SMILES string of the molecule is O=C1O[C@H](C(=O)Nc2cc(C(F)(F)F)ccc2N2CCOCC2)Cc2ccccc21. The quantitative estimate of drug-likeness (QED) is 0.773. The van der Waals surface area contributed by atoms with Gasteiger partial charge in [-0.05, 0) is 29.8 Å². The molecule has 158 valence electrons. The van der Waals surface area contributed by atoms with Crippen LogP contribution in [0, 0.1) is 0 Å². The molecule has 30 heavy (non-hydrogen) atoms. The number of ether oxygens (including phenoxy) is 2. The van der Waals surface area contributed by atoms with Crippen molar-refractivity contribution in [2.24, 2.45) is 0 Å². The lowest BCUT2D eigenvalue weighted by molar-refractivity contribution is -0.137. The number of hydrogen-bond acceptors (Lipinski definition) is 5. The lowest BCUT2D eigenvalue weighted by Crippen LogP contribution is -2.39. The van der Waals surface area contributed by atoms with E-state index in [1.807, 2.05) is 4.90 Å². The van der Waals surface area contributed by atoms with Gasteiger partial charge in [0.05, 0.1) is 35.7 Å². The molecule has 1 amide bonds. The van der Waals surface area contributed by atoms with Gasteiger partial charge in [-0.25, -0.2) is 4.79 Å². The highest BCUT2D eigenvalue weighted by Gasteiger charge is 2.34. The summed E-state index contributed by atoms with van der Waals surface area (Å²) in [4.78, 5) is 26.8. The minimum atomic E-state index is -4.56. The predicted octanol–water partition coefficient (Wildman–Crippen LogP) is 3.26. The Hall–Kier alpha value is -3.07. The van der Waals surface area contributed by atoms with E-state index in [9.17, 15) is 22.8 Å². The van der Waals surface area contributed by atoms with Crippen LogP contribution in [0.2, 0.25) is 0 Å². The van der Waals surface area contributed by atoms with Gasteiger partial charge >= 0.3 is 12.1 Å². The van der Waals surface area contributed by atoms with Crippen LogP contribution in [0.4, 0.5) is 24.5 Å². The number of fused-ring (bicyclic) bond motifs is 1. The van der Waals surface area contributed by atoms with Gasteiger partial charge in [0.15, 0.2) is 6.10 Å². The Balaban J connectivity index is 1.61. The van der Waals surface area contributed by atoms with Crippen LogP contribution in [0.1, 0.15) is 21.5 Å². The Morgan fingerprint density at radius 2 is 1.83 bits per heavy atom. The normalized spacial score (nSPS) is 19.1. The van der Waals surface area contributed by atoms with Crippen molar-refractivity contribution in [2.75, 3.05) is 36.5 Å². The number of hydrogen-bond donors (Lipinski definition) is 1. The lowest BCUT2D eigenvalue weighted by atomic mass is 9.98. The Bertz CT molecular complexity index is 971. The highest BCUT2D eigenvalue weighted by molar-refractivity contribution is 6.01. The molecule has 9 heteroatoms. The fourth-order valence-electron chi connectivity index (χ4n) is 3.58. The number of alkyl halides is 3. The zero-order chi connectivity index (χ0) is 21.3. The standard InChI is InChI=1S/C21H19F3N2O4/c22-21(23,24)14-5-6-17(26-7-9-29-10-8-26)16(12-14)25-19(27)18-11-13-3-1-2-4-15(13)20(28)30-18/h1-6,12,18H,7-11H2,(H,25,27)/t18-/m0/s1. The van der Waals surface area contributed by atoms with Crippen LogP contribution in [-0.4, -0.2) is 44.3 Å². The van der Waals surface area contributed by atoms with E-state index in [1.54, 1.807) is 24.3 Å². The van der Waals surface area contributed by atoms with E-state index in [1.165, 1.54) is 6.07 Å². The van der Waals surface area contributed by atoms with Crippen LogP contribution in [0.5, 0.6) is 0 Å². The van der Waals surface area contributed by atoms with Crippen molar-refractivity contribution in [2.45, 2.75) is 18.7 Å². The summed E-state index contributed by atoms with van der Waals surface area (Å²) < 4.78 is 50.2. The van der Waals surface area contributed by atoms with Crippen molar-refractivity contribution < 1.29 is 32.2 Å². The largest absolute Gasteiger partial charge is 0.448 e. The topological polar surface area (TPSA) is 67.9 Å². The molecule has 2 aliphatic rings. The summed E-state index contributed by atoms with van der Waals surface area (Å²) in [5.74, 6) is -1.30. The first-order chi connectivity index (χ1) is 14.3. The number of morpholine rings is 1. The monoisotopic (exact) mass is 420 g/mol. The summed E-state index contributed by atoms with van der Waals surface area (Å²) >= 11 is 0. The summed E-state index contributed by atoms with van der Waals surface area (Å²) in [5.41, 5.74) is 0.649. The molecule has 0 spiro atoms. The van der Waals surface area contributed by atoms with Crippen LogP contribution >= 0.6 is 0 Å². The lowest BCUT2D eigenvalue weighted by Gasteiger charge is -2.31. The number of nitrogens with zero attached hydrogens (tertiary/aromatic N) is 1. The van der Waals surface area contributed by atoms with Gasteiger partial charge < -0.3 is 19.7 Å². The second kappa shape index (κ2) is 7.98. The highest BCUT2D eigenvalue weighted by atomic mass is 19.4. The number of esters is 1. The number of amides is 1. The van der Waals surface area contributed by atoms with E-state index >= 15 is 0 Å². The van der Waals surface area contributed by atoms with Gasteiger partial charge in [0, 0.05) is 19.5 Å². The molecule has 0 saturated carbocycles. The van der Waals surface area contributed by atoms with Crippen LogP contribution in [0.15, 0.2) is 42.5 Å². The molecule has 0 bridgehead atoms. The summed E-state index contributed by atoms with van der Waals surface area (Å²) in [7, 11) is 0. The summed E-state index contributed by atoms with van der Waals surface area (Å²) in [5, 5.41) is 2.54. The van der Waals surface area contributed by atoms with Crippen LogP contribution in [-0.2, 0) is 26.9 Å². The number of rotatable bonds is 3. The van der Waals surface area contributed by atoms with Gasteiger partial charge in [-0.1, -0.05) is 18.2 Å². The van der Waals surface area contributed by atoms with Crippen LogP contribution in [0.25, 0.3) is 0 Å².